The van der Waals surface area contributed by atoms with Crippen LogP contribution in [0.5, 0.6) is 0 Å². The van der Waals surface area contributed by atoms with Gasteiger partial charge in [0.15, 0.2) is 5.82 Å². The Balaban J connectivity index is 2.86. The lowest BCUT2D eigenvalue weighted by Crippen LogP contribution is -2.18. The molecule has 1 aromatic rings. The Morgan fingerprint density at radius 3 is 2.73 bits per heavy atom. The smallest absolute Gasteiger partial charge is 0.290 e. The van der Waals surface area contributed by atoms with E-state index in [0.29, 0.717) is 14.5 Å². The molecule has 1 aromatic heterocycles. The average molecular weight is 228 g/mol. The van der Waals surface area contributed by atoms with Crippen LogP contribution in [0.2, 0.25) is 0 Å². The molecule has 15 heavy (non-hydrogen) atoms. The van der Waals surface area contributed by atoms with Crippen LogP contribution in [0.3, 0.4) is 0 Å². The molecule has 2 amide bonds. The number of anilines is 1. The van der Waals surface area contributed by atoms with Crippen molar-refractivity contribution in [3.05, 3.63) is 12.0 Å². The van der Waals surface area contributed by atoms with Gasteiger partial charge >= 0.3 is 0 Å². The summed E-state index contributed by atoms with van der Waals surface area (Å²) in [6.07, 6.45) is 1.59. The lowest BCUT2D eigenvalue weighted by Gasteiger charge is -1.99. The van der Waals surface area contributed by atoms with E-state index in [1.165, 1.54) is 6.92 Å². The summed E-state index contributed by atoms with van der Waals surface area (Å²) in [5, 5.41) is 5.18. The molecular formula is C8H13N4O2P. The number of nitrogens with zero attached hydrogens (tertiary/aromatic N) is 2. The van der Waals surface area contributed by atoms with E-state index in [9.17, 15) is 9.59 Å². The van der Waals surface area contributed by atoms with E-state index in [4.69, 9.17) is 0 Å². The highest BCUT2D eigenvalue weighted by atomic mass is 31.1. The van der Waals surface area contributed by atoms with Gasteiger partial charge in [-0.25, -0.2) is 4.98 Å². The number of carbonyl (C=O) groups is 2. The van der Waals surface area contributed by atoms with Crippen molar-refractivity contribution >= 4 is 26.4 Å². The van der Waals surface area contributed by atoms with Crippen LogP contribution in [0.1, 0.15) is 17.5 Å². The number of amides is 2. The van der Waals surface area contributed by atoms with Crippen molar-refractivity contribution in [1.29, 1.82) is 0 Å². The molecule has 0 bridgehead atoms. The third-order valence-electron chi connectivity index (χ3n) is 1.62. The summed E-state index contributed by atoms with van der Waals surface area (Å²) >= 11 is 0. The van der Waals surface area contributed by atoms with Crippen molar-refractivity contribution in [3.63, 3.8) is 0 Å². The van der Waals surface area contributed by atoms with Crippen LogP contribution in [0.25, 0.3) is 0 Å². The molecule has 0 saturated carbocycles. The lowest BCUT2D eigenvalue weighted by atomic mass is 10.6. The first-order valence-electron chi connectivity index (χ1n) is 4.32. The maximum absolute atomic E-state index is 11.5. The van der Waals surface area contributed by atoms with Gasteiger partial charge in [-0.15, -0.1) is 0 Å². The van der Waals surface area contributed by atoms with Crippen molar-refractivity contribution in [2.75, 3.05) is 12.0 Å². The van der Waals surface area contributed by atoms with Gasteiger partial charge in [0.2, 0.25) is 11.7 Å². The lowest BCUT2D eigenvalue weighted by molar-refractivity contribution is -0.114. The highest BCUT2D eigenvalue weighted by Crippen LogP contribution is 2.08. The summed E-state index contributed by atoms with van der Waals surface area (Å²) in [6.45, 7) is 3.25. The van der Waals surface area contributed by atoms with Crippen LogP contribution in [0, 0.1) is 0 Å². The summed E-state index contributed by atoms with van der Waals surface area (Å²) in [5.74, 6) is 0.218. The third kappa shape index (κ3) is 3.02. The van der Waals surface area contributed by atoms with E-state index in [0.717, 1.165) is 0 Å². The van der Waals surface area contributed by atoms with Crippen LogP contribution in [0.15, 0.2) is 6.20 Å². The molecule has 1 rings (SSSR count). The summed E-state index contributed by atoms with van der Waals surface area (Å²) in [6, 6.07) is 0. The molecule has 1 atom stereocenters. The minimum atomic E-state index is -0.241. The number of aryl methyl sites for hydroxylation is 1. The number of carbonyl (C=O) groups excluding carboxylic acids is 2. The maximum atomic E-state index is 11.5. The van der Waals surface area contributed by atoms with Gasteiger partial charge in [0.25, 0.3) is 5.91 Å². The first-order valence-corrected chi connectivity index (χ1v) is 5.82. The molecule has 0 aromatic carbocycles. The standard InChI is InChI=1S/C8H13N4O2P/c1-5(13)9-6-4-12(2)7(10-6)8(14)11-15-3/h4,15H,1-3H3,(H,9,13)(H,11,14). The highest BCUT2D eigenvalue weighted by Gasteiger charge is 2.13. The van der Waals surface area contributed by atoms with Gasteiger partial charge in [0, 0.05) is 20.2 Å². The zero-order chi connectivity index (χ0) is 11.4. The quantitative estimate of drug-likeness (QED) is 0.732. The fraction of sp³-hybridized carbons (Fsp3) is 0.375. The van der Waals surface area contributed by atoms with Gasteiger partial charge < -0.3 is 15.0 Å². The van der Waals surface area contributed by atoms with Crippen molar-refractivity contribution in [2.24, 2.45) is 7.05 Å². The number of rotatable bonds is 3. The van der Waals surface area contributed by atoms with Gasteiger partial charge in [-0.05, 0) is 15.4 Å². The summed E-state index contributed by atoms with van der Waals surface area (Å²) in [4.78, 5) is 26.2. The monoisotopic (exact) mass is 228 g/mol. The first kappa shape index (κ1) is 11.7. The molecule has 2 N–H and O–H groups in total. The molecular weight excluding hydrogens is 215 g/mol. The largest absolute Gasteiger partial charge is 0.332 e. The molecule has 0 radical (unpaired) electrons. The number of imidazole rings is 1. The van der Waals surface area contributed by atoms with Gasteiger partial charge in [-0.3, -0.25) is 9.59 Å². The Morgan fingerprint density at radius 2 is 2.20 bits per heavy atom. The second kappa shape index (κ2) is 4.89. The first-order chi connectivity index (χ1) is 7.04. The molecule has 0 aliphatic carbocycles. The van der Waals surface area contributed by atoms with E-state index in [-0.39, 0.29) is 17.6 Å². The molecule has 6 nitrogen and oxygen atoms in total. The van der Waals surface area contributed by atoms with E-state index >= 15 is 0 Å². The fourth-order valence-corrected chi connectivity index (χ4v) is 1.43. The molecule has 0 fully saturated rings. The predicted octanol–water partition coefficient (Wildman–Crippen LogP) is 0.332. The molecule has 1 unspecified atom stereocenters. The van der Waals surface area contributed by atoms with Crippen molar-refractivity contribution in [3.8, 4) is 0 Å². The van der Waals surface area contributed by atoms with Crippen molar-refractivity contribution in [1.82, 2.24) is 14.6 Å². The zero-order valence-electron chi connectivity index (χ0n) is 8.79. The Bertz CT molecular complexity index is 388. The summed E-state index contributed by atoms with van der Waals surface area (Å²) in [5.41, 5.74) is 0. The average Bonchev–Trinajstić information content (AvgIpc) is 2.46. The topological polar surface area (TPSA) is 76.0 Å². The summed E-state index contributed by atoms with van der Waals surface area (Å²) in [7, 11) is 2.03. The number of hydrogen-bond donors (Lipinski definition) is 2. The van der Waals surface area contributed by atoms with Gasteiger partial charge in [-0.2, -0.15) is 0 Å². The number of hydrogen-bond acceptors (Lipinski definition) is 3. The van der Waals surface area contributed by atoms with E-state index in [1.807, 2.05) is 6.66 Å². The molecule has 7 heteroatoms. The van der Waals surface area contributed by atoms with E-state index < -0.39 is 0 Å². The van der Waals surface area contributed by atoms with E-state index in [1.54, 1.807) is 17.8 Å². The Morgan fingerprint density at radius 1 is 1.53 bits per heavy atom. The second-order valence-electron chi connectivity index (χ2n) is 2.95. The zero-order valence-corrected chi connectivity index (χ0v) is 9.79. The highest BCUT2D eigenvalue weighted by molar-refractivity contribution is 7.35. The van der Waals surface area contributed by atoms with Gasteiger partial charge in [0.1, 0.15) is 0 Å². The van der Waals surface area contributed by atoms with Gasteiger partial charge in [-0.1, -0.05) is 0 Å². The minimum absolute atomic E-state index is 0.211. The van der Waals surface area contributed by atoms with Crippen LogP contribution < -0.4 is 10.4 Å². The van der Waals surface area contributed by atoms with Crippen LogP contribution in [-0.2, 0) is 11.8 Å². The molecule has 1 heterocycles. The van der Waals surface area contributed by atoms with Crippen LogP contribution in [-0.4, -0.2) is 28.0 Å². The molecule has 0 spiro atoms. The minimum Gasteiger partial charge on any atom is -0.332 e. The SMILES string of the molecule is CPNC(=O)c1nc(NC(C)=O)cn1C. The third-order valence-corrected chi connectivity index (χ3v) is 2.10. The predicted molar refractivity (Wildman–Crippen MR) is 59.2 cm³/mol. The fourth-order valence-electron chi connectivity index (χ4n) is 1.09. The number of aromatic nitrogens is 2. The molecule has 0 aliphatic heterocycles. The van der Waals surface area contributed by atoms with Crippen molar-refractivity contribution < 1.29 is 9.59 Å². The van der Waals surface area contributed by atoms with E-state index in [2.05, 4.69) is 15.4 Å². The second-order valence-corrected chi connectivity index (χ2v) is 3.70. The van der Waals surface area contributed by atoms with Crippen LogP contribution >= 0.6 is 8.73 Å². The normalized spacial score (nSPS) is 10.6. The van der Waals surface area contributed by atoms with Crippen molar-refractivity contribution in [2.45, 2.75) is 6.92 Å². The molecule has 0 aliphatic rings. The summed E-state index contributed by atoms with van der Waals surface area (Å²) < 4.78 is 1.57. The number of nitrogens with one attached hydrogen (secondary N) is 2. The molecule has 0 saturated heterocycles. The maximum Gasteiger partial charge on any atom is 0.290 e. The Labute approximate surface area is 89.3 Å². The van der Waals surface area contributed by atoms with Gasteiger partial charge in [0.05, 0.1) is 0 Å². The van der Waals surface area contributed by atoms with Crippen LogP contribution in [0.4, 0.5) is 5.82 Å². The Kier molecular flexibility index (Phi) is 3.80. The Hall–Kier alpha value is -1.42. The molecule has 82 valence electrons.